The lowest BCUT2D eigenvalue weighted by atomic mass is 9.72. The Bertz CT molecular complexity index is 972. The van der Waals surface area contributed by atoms with Crippen LogP contribution in [0.5, 0.6) is 0 Å². The number of halogens is 1. The number of carbonyl (C=O) groups excluding carboxylic acids is 1. The lowest BCUT2D eigenvalue weighted by Gasteiger charge is -2.33. The molecule has 1 saturated carbocycles. The van der Waals surface area contributed by atoms with Crippen LogP contribution in [-0.2, 0) is 4.79 Å². The highest BCUT2D eigenvalue weighted by Crippen LogP contribution is 2.41. The fraction of sp³-hybridized carbons (Fsp3) is 0.360. The molecule has 1 amide bonds. The number of carbonyl (C=O) groups is 1. The van der Waals surface area contributed by atoms with Crippen LogP contribution in [0, 0.1) is 11.8 Å². The number of aromatic nitrogens is 1. The smallest absolute Gasteiger partial charge is 0.227 e. The summed E-state index contributed by atoms with van der Waals surface area (Å²) in [7, 11) is 0. The number of anilines is 1. The molecule has 1 aliphatic carbocycles. The molecule has 1 N–H and O–H groups in total. The summed E-state index contributed by atoms with van der Waals surface area (Å²) in [5, 5.41) is 5.03. The van der Waals surface area contributed by atoms with Gasteiger partial charge in [-0.3, -0.25) is 9.78 Å². The van der Waals surface area contributed by atoms with Crippen molar-refractivity contribution in [2.45, 2.75) is 44.9 Å². The monoisotopic (exact) mass is 406 g/mol. The second-order valence-corrected chi connectivity index (χ2v) is 8.48. The normalized spacial score (nSPS) is 20.3. The molecule has 150 valence electrons. The maximum atomic E-state index is 12.9. The molecule has 4 heteroatoms. The van der Waals surface area contributed by atoms with Gasteiger partial charge < -0.3 is 5.32 Å². The topological polar surface area (TPSA) is 42.0 Å². The van der Waals surface area contributed by atoms with E-state index in [1.807, 2.05) is 36.5 Å². The minimum atomic E-state index is 0.0563. The van der Waals surface area contributed by atoms with Crippen molar-refractivity contribution in [3.05, 3.63) is 71.4 Å². The van der Waals surface area contributed by atoms with Crippen molar-refractivity contribution in [3.8, 4) is 0 Å². The van der Waals surface area contributed by atoms with Crippen molar-refractivity contribution in [2.75, 3.05) is 5.32 Å². The molecule has 1 heterocycles. The number of hydrogen-bond donors (Lipinski definition) is 1. The highest BCUT2D eigenvalue weighted by Gasteiger charge is 2.32. The molecular formula is C25H27ClN2O. The largest absolute Gasteiger partial charge is 0.326 e. The van der Waals surface area contributed by atoms with E-state index in [0.717, 1.165) is 43.3 Å². The van der Waals surface area contributed by atoms with Crippen LogP contribution in [0.15, 0.2) is 60.8 Å². The van der Waals surface area contributed by atoms with Crippen LogP contribution in [0.3, 0.4) is 0 Å². The Morgan fingerprint density at radius 1 is 1.07 bits per heavy atom. The molecule has 3 nitrogen and oxygen atoms in total. The van der Waals surface area contributed by atoms with E-state index in [9.17, 15) is 4.79 Å². The second-order valence-electron chi connectivity index (χ2n) is 8.04. The average molecular weight is 407 g/mol. The number of fused-ring (bicyclic) bond motifs is 1. The van der Waals surface area contributed by atoms with Gasteiger partial charge in [0.1, 0.15) is 0 Å². The van der Waals surface area contributed by atoms with Crippen molar-refractivity contribution >= 4 is 34.1 Å². The number of hydrogen-bond acceptors (Lipinski definition) is 2. The van der Waals surface area contributed by atoms with E-state index < -0.39 is 0 Å². The zero-order valence-corrected chi connectivity index (χ0v) is 17.5. The van der Waals surface area contributed by atoms with Crippen molar-refractivity contribution in [1.29, 1.82) is 0 Å². The average Bonchev–Trinajstić information content (AvgIpc) is 2.76. The van der Waals surface area contributed by atoms with E-state index in [1.165, 1.54) is 10.9 Å². The first-order valence-corrected chi connectivity index (χ1v) is 10.9. The van der Waals surface area contributed by atoms with E-state index in [1.54, 1.807) is 0 Å². The molecule has 4 rings (SSSR count). The van der Waals surface area contributed by atoms with Crippen LogP contribution in [0.1, 0.15) is 50.5 Å². The van der Waals surface area contributed by atoms with E-state index in [-0.39, 0.29) is 11.8 Å². The first kappa shape index (κ1) is 19.9. The van der Waals surface area contributed by atoms with Crippen molar-refractivity contribution < 1.29 is 4.79 Å². The summed E-state index contributed by atoms with van der Waals surface area (Å²) in [4.78, 5) is 17.4. The van der Waals surface area contributed by atoms with Gasteiger partial charge in [-0.2, -0.15) is 0 Å². The second kappa shape index (κ2) is 8.96. The van der Waals surface area contributed by atoms with Gasteiger partial charge in [0.15, 0.2) is 0 Å². The van der Waals surface area contributed by atoms with Crippen LogP contribution in [0.2, 0.25) is 5.02 Å². The first-order chi connectivity index (χ1) is 14.2. The van der Waals surface area contributed by atoms with Crippen LogP contribution >= 0.6 is 11.6 Å². The predicted octanol–water partition coefficient (Wildman–Crippen LogP) is 6.83. The molecule has 0 unspecified atom stereocenters. The molecule has 1 fully saturated rings. The maximum absolute atomic E-state index is 12.9. The highest BCUT2D eigenvalue weighted by molar-refractivity contribution is 6.30. The summed E-state index contributed by atoms with van der Waals surface area (Å²) in [6.07, 6.45) is 7.24. The highest BCUT2D eigenvalue weighted by atomic mass is 35.5. The molecule has 0 radical (unpaired) electrons. The third-order valence-electron chi connectivity index (χ3n) is 6.35. The summed E-state index contributed by atoms with van der Waals surface area (Å²) >= 11 is 5.94. The molecule has 0 aliphatic heterocycles. The molecule has 0 spiro atoms. The van der Waals surface area contributed by atoms with Crippen LogP contribution < -0.4 is 5.32 Å². The number of nitrogens with one attached hydrogen (secondary N) is 1. The molecule has 1 atom stereocenters. The molecule has 0 bridgehead atoms. The molecule has 1 aromatic heterocycles. The quantitative estimate of drug-likeness (QED) is 0.504. The van der Waals surface area contributed by atoms with Crippen molar-refractivity contribution in [2.24, 2.45) is 11.8 Å². The third kappa shape index (κ3) is 4.45. The molecule has 0 saturated heterocycles. The number of rotatable bonds is 5. The Balaban J connectivity index is 1.42. The molecule has 29 heavy (non-hydrogen) atoms. The van der Waals surface area contributed by atoms with Crippen LogP contribution in [0.4, 0.5) is 5.69 Å². The van der Waals surface area contributed by atoms with Gasteiger partial charge in [0, 0.05) is 28.2 Å². The van der Waals surface area contributed by atoms with Gasteiger partial charge in [-0.05, 0) is 85.9 Å². The van der Waals surface area contributed by atoms with Gasteiger partial charge in [0.05, 0.1) is 5.52 Å². The Morgan fingerprint density at radius 2 is 1.79 bits per heavy atom. The Hall–Kier alpha value is -2.39. The number of amides is 1. The standard InChI is InChI=1S/C25H27ClN2O/c1-2-21(25(29)28-20-13-11-19(26)12-14-20)17-7-9-18(10-8-17)22-15-16-27-24-6-4-3-5-23(22)24/h3-6,11-18,21H,2,7-10H2,1H3,(H,28,29)/t17-,18-,21-/m1/s1. The van der Waals surface area contributed by atoms with Crippen molar-refractivity contribution in [3.63, 3.8) is 0 Å². The zero-order valence-electron chi connectivity index (χ0n) is 16.8. The fourth-order valence-electron chi connectivity index (χ4n) is 4.81. The van der Waals surface area contributed by atoms with Crippen molar-refractivity contribution in [1.82, 2.24) is 4.98 Å². The van der Waals surface area contributed by atoms with E-state index in [2.05, 4.69) is 41.5 Å². The summed E-state index contributed by atoms with van der Waals surface area (Å²) in [6.45, 7) is 2.12. The lowest BCUT2D eigenvalue weighted by molar-refractivity contribution is -0.122. The summed E-state index contributed by atoms with van der Waals surface area (Å²) < 4.78 is 0. The minimum absolute atomic E-state index is 0.0563. The molecule has 1 aliphatic rings. The number of nitrogens with zero attached hydrogens (tertiary/aromatic N) is 1. The zero-order chi connectivity index (χ0) is 20.2. The van der Waals surface area contributed by atoms with E-state index in [4.69, 9.17) is 11.6 Å². The molecule has 3 aromatic rings. The predicted molar refractivity (Wildman–Crippen MR) is 120 cm³/mol. The van der Waals surface area contributed by atoms with Crippen LogP contribution in [-0.4, -0.2) is 10.9 Å². The van der Waals surface area contributed by atoms with Gasteiger partial charge in [-0.25, -0.2) is 0 Å². The molecule has 2 aromatic carbocycles. The lowest BCUT2D eigenvalue weighted by Crippen LogP contribution is -2.31. The van der Waals surface area contributed by atoms with E-state index in [0.29, 0.717) is 16.9 Å². The van der Waals surface area contributed by atoms with Gasteiger partial charge in [0.2, 0.25) is 5.91 Å². The number of benzene rings is 2. The Morgan fingerprint density at radius 3 is 2.52 bits per heavy atom. The van der Waals surface area contributed by atoms with Gasteiger partial charge >= 0.3 is 0 Å². The van der Waals surface area contributed by atoms with E-state index >= 15 is 0 Å². The summed E-state index contributed by atoms with van der Waals surface area (Å²) in [6, 6.07) is 17.9. The third-order valence-corrected chi connectivity index (χ3v) is 6.60. The first-order valence-electron chi connectivity index (χ1n) is 10.6. The molecular weight excluding hydrogens is 380 g/mol. The van der Waals surface area contributed by atoms with Gasteiger partial charge in [-0.1, -0.05) is 36.7 Å². The fourth-order valence-corrected chi connectivity index (χ4v) is 4.93. The number of pyridine rings is 1. The van der Waals surface area contributed by atoms with Gasteiger partial charge in [-0.15, -0.1) is 0 Å². The number of para-hydroxylation sites is 1. The SMILES string of the molecule is CC[C@@H](C(=O)Nc1ccc(Cl)cc1)[C@H]1CC[C@H](c2ccnc3ccccc32)CC1. The minimum Gasteiger partial charge on any atom is -0.326 e. The Labute approximate surface area is 177 Å². The summed E-state index contributed by atoms with van der Waals surface area (Å²) in [5.74, 6) is 1.18. The van der Waals surface area contributed by atoms with Gasteiger partial charge in [0.25, 0.3) is 0 Å². The van der Waals surface area contributed by atoms with Crippen LogP contribution in [0.25, 0.3) is 10.9 Å². The maximum Gasteiger partial charge on any atom is 0.227 e. The summed E-state index contributed by atoms with van der Waals surface area (Å²) in [5.41, 5.74) is 3.29. The Kier molecular flexibility index (Phi) is 6.15.